The molecule has 0 radical (unpaired) electrons. The third-order valence-electron chi connectivity index (χ3n) is 6.54. The van der Waals surface area contributed by atoms with E-state index < -0.39 is 37.9 Å². The van der Waals surface area contributed by atoms with Gasteiger partial charge in [0.15, 0.2) is 19.2 Å². The molecular weight excluding hydrogens is 528 g/mol. The van der Waals surface area contributed by atoms with Crippen molar-refractivity contribution in [1.82, 2.24) is 9.29 Å². The highest BCUT2D eigenvalue weighted by Gasteiger charge is 2.41. The van der Waals surface area contributed by atoms with E-state index in [2.05, 4.69) is 4.98 Å². The van der Waals surface area contributed by atoms with E-state index in [4.69, 9.17) is 0 Å². The van der Waals surface area contributed by atoms with Gasteiger partial charge in [-0.2, -0.15) is 4.31 Å². The second-order valence-corrected chi connectivity index (χ2v) is 14.1. The van der Waals surface area contributed by atoms with Crippen molar-refractivity contribution < 1.29 is 31.5 Å². The first-order valence-electron chi connectivity index (χ1n) is 11.5. The summed E-state index contributed by atoms with van der Waals surface area (Å²) in [4.78, 5) is 32.3. The van der Waals surface area contributed by atoms with E-state index in [0.29, 0.717) is 12.1 Å². The van der Waals surface area contributed by atoms with Crippen LogP contribution in [0, 0.1) is 0 Å². The van der Waals surface area contributed by atoms with Gasteiger partial charge in [-0.25, -0.2) is 26.6 Å². The van der Waals surface area contributed by atoms with Gasteiger partial charge in [0.05, 0.1) is 11.1 Å². The average molecular weight is 557 g/mol. The molecule has 2 amide bonds. The van der Waals surface area contributed by atoms with E-state index in [0.717, 1.165) is 53.8 Å². The normalized spacial score (nSPS) is 19.4. The van der Waals surface area contributed by atoms with E-state index in [-0.39, 0.29) is 33.2 Å². The number of amides is 2. The lowest BCUT2D eigenvalue weighted by molar-refractivity contribution is -0.140. The zero-order valence-corrected chi connectivity index (χ0v) is 22.4. The number of aliphatic carboxylic acids is 1. The fourth-order valence-electron chi connectivity index (χ4n) is 4.65. The number of sulfone groups is 1. The van der Waals surface area contributed by atoms with Gasteiger partial charge in [-0.15, -0.1) is 0 Å². The van der Waals surface area contributed by atoms with Crippen LogP contribution >= 0.6 is 11.3 Å². The molecule has 4 rings (SSSR count). The molecule has 1 atom stereocenters. The van der Waals surface area contributed by atoms with Crippen LogP contribution in [0.1, 0.15) is 38.5 Å². The third kappa shape index (κ3) is 5.12. The molecule has 2 aliphatic rings. The highest BCUT2D eigenvalue weighted by atomic mass is 32.2. The Morgan fingerprint density at radius 2 is 1.69 bits per heavy atom. The number of hydrogen-bond donors (Lipinski definition) is 1. The van der Waals surface area contributed by atoms with Gasteiger partial charge in [-0.1, -0.05) is 24.2 Å². The summed E-state index contributed by atoms with van der Waals surface area (Å²) in [7, 11) is -5.97. The van der Waals surface area contributed by atoms with Gasteiger partial charge in [0.1, 0.15) is 6.04 Å². The van der Waals surface area contributed by atoms with E-state index in [1.165, 1.54) is 24.1 Å². The Morgan fingerprint density at radius 3 is 2.28 bits per heavy atom. The molecule has 1 N–H and O–H groups in total. The minimum absolute atomic E-state index is 0.0897. The number of benzene rings is 1. The average Bonchev–Trinajstić information content (AvgIpc) is 3.60. The lowest BCUT2D eigenvalue weighted by Gasteiger charge is -2.32. The van der Waals surface area contributed by atoms with Crippen LogP contribution in [0.2, 0.25) is 0 Å². The summed E-state index contributed by atoms with van der Waals surface area (Å²) in [5.74, 6) is -1.19. The third-order valence-corrected chi connectivity index (χ3v) is 11.1. The fraction of sp³-hybridized carbons (Fsp3) is 0.500. The zero-order chi connectivity index (χ0) is 26.3. The molecule has 36 heavy (non-hydrogen) atoms. The number of sulfonamides is 1. The molecule has 2 aromatic rings. The van der Waals surface area contributed by atoms with Gasteiger partial charge in [-0.3, -0.25) is 14.6 Å². The Bertz CT molecular complexity index is 1350. The molecule has 1 aliphatic carbocycles. The second kappa shape index (κ2) is 10.1. The van der Waals surface area contributed by atoms with Crippen LogP contribution in [0.3, 0.4) is 0 Å². The van der Waals surface area contributed by atoms with Crippen molar-refractivity contribution in [2.75, 3.05) is 29.6 Å². The molecule has 1 saturated heterocycles. The van der Waals surface area contributed by atoms with Crippen LogP contribution in [0.25, 0.3) is 0 Å². The Kier molecular flexibility index (Phi) is 7.42. The molecule has 1 aliphatic heterocycles. The van der Waals surface area contributed by atoms with Crippen molar-refractivity contribution in [1.29, 1.82) is 0 Å². The van der Waals surface area contributed by atoms with Crippen molar-refractivity contribution in [3.63, 3.8) is 0 Å². The molecule has 11 nitrogen and oxygen atoms in total. The molecule has 0 unspecified atom stereocenters. The van der Waals surface area contributed by atoms with Crippen LogP contribution in [0.5, 0.6) is 0 Å². The van der Waals surface area contributed by atoms with Crippen molar-refractivity contribution in [2.45, 2.75) is 59.7 Å². The Balaban J connectivity index is 1.61. The first-order valence-corrected chi connectivity index (χ1v) is 15.6. The summed E-state index contributed by atoms with van der Waals surface area (Å²) in [6.45, 7) is 0.111. The quantitative estimate of drug-likeness (QED) is 0.548. The lowest BCUT2D eigenvalue weighted by atomic mass is 10.2. The number of anilines is 2. The second-order valence-electron chi connectivity index (χ2n) is 8.99. The van der Waals surface area contributed by atoms with Crippen molar-refractivity contribution in [3.05, 3.63) is 30.5 Å². The smallest absolute Gasteiger partial charge is 0.330 e. The topological polar surface area (TPSA) is 145 Å². The Morgan fingerprint density at radius 1 is 1.06 bits per heavy atom. The Labute approximate surface area is 214 Å². The Hall–Kier alpha value is -2.55. The van der Waals surface area contributed by atoms with Crippen molar-refractivity contribution in [3.8, 4) is 0 Å². The molecule has 14 heteroatoms. The van der Waals surface area contributed by atoms with Gasteiger partial charge >= 0.3 is 12.0 Å². The minimum atomic E-state index is -4.08. The number of carbonyl (C=O) groups is 2. The summed E-state index contributed by atoms with van der Waals surface area (Å²) in [5, 5.41) is 9.54. The van der Waals surface area contributed by atoms with Crippen LogP contribution in [0.4, 0.5) is 15.6 Å². The van der Waals surface area contributed by atoms with Crippen LogP contribution < -0.4 is 9.80 Å². The molecular formula is C22H28N4O7S3. The van der Waals surface area contributed by atoms with Crippen molar-refractivity contribution >= 4 is 54.0 Å². The number of urea groups is 1. The molecule has 2 fully saturated rings. The monoisotopic (exact) mass is 556 g/mol. The molecule has 1 aromatic heterocycles. The molecule has 1 aromatic carbocycles. The molecule has 196 valence electrons. The summed E-state index contributed by atoms with van der Waals surface area (Å²) < 4.78 is 50.8. The number of carbonyl (C=O) groups excluding carboxylic acids is 1. The number of rotatable bonds is 7. The lowest BCUT2D eigenvalue weighted by Crippen LogP contribution is -2.46. The summed E-state index contributed by atoms with van der Waals surface area (Å²) in [6.07, 6.45) is 6.45. The number of thiazole rings is 1. The highest BCUT2D eigenvalue weighted by molar-refractivity contribution is 7.91. The first kappa shape index (κ1) is 26.5. The maximum Gasteiger partial charge on any atom is 0.330 e. The number of nitrogens with zero attached hydrogens (tertiary/aromatic N) is 4. The minimum Gasteiger partial charge on any atom is -0.480 e. The molecule has 2 heterocycles. The van der Waals surface area contributed by atoms with Gasteiger partial charge in [0, 0.05) is 31.6 Å². The maximum absolute atomic E-state index is 13.6. The standard InChI is InChI=1S/C22H28N4O7S3/c1-24(21-23-14-19(34-21)36(32,33)25-13-5-8-18(25)20(27)28)22(29)26(15-6-3-4-7-15)16-9-11-17(12-10-16)35(2,30)31/h9-12,14-15,18H,3-8,13H2,1-2H3,(H,27,28)/t18-/m0/s1. The van der Waals surface area contributed by atoms with Gasteiger partial charge in [-0.05, 0) is 49.9 Å². The molecule has 0 spiro atoms. The van der Waals surface area contributed by atoms with Crippen LogP contribution in [-0.4, -0.2) is 75.2 Å². The maximum atomic E-state index is 13.6. The van der Waals surface area contributed by atoms with Crippen LogP contribution in [-0.2, 0) is 24.7 Å². The number of hydrogen-bond acceptors (Lipinski definition) is 8. The van der Waals surface area contributed by atoms with E-state index in [1.807, 2.05) is 0 Å². The number of carboxylic acid groups (broad SMARTS) is 1. The fourth-order valence-corrected chi connectivity index (χ4v) is 8.14. The van der Waals surface area contributed by atoms with E-state index in [9.17, 15) is 31.5 Å². The predicted octanol–water partition coefficient (Wildman–Crippen LogP) is 2.79. The van der Waals surface area contributed by atoms with Gasteiger partial charge in [0.2, 0.25) is 0 Å². The molecule has 1 saturated carbocycles. The predicted molar refractivity (Wildman–Crippen MR) is 135 cm³/mol. The van der Waals surface area contributed by atoms with Crippen molar-refractivity contribution in [2.24, 2.45) is 0 Å². The van der Waals surface area contributed by atoms with E-state index in [1.54, 1.807) is 17.0 Å². The largest absolute Gasteiger partial charge is 0.480 e. The molecule has 0 bridgehead atoms. The zero-order valence-electron chi connectivity index (χ0n) is 19.9. The first-order chi connectivity index (χ1) is 16.9. The summed E-state index contributed by atoms with van der Waals surface area (Å²) >= 11 is 0.803. The van der Waals surface area contributed by atoms with Gasteiger partial charge in [0.25, 0.3) is 10.0 Å². The number of carboxylic acids is 1. The highest BCUT2D eigenvalue weighted by Crippen LogP contribution is 2.34. The summed E-state index contributed by atoms with van der Waals surface area (Å²) in [6, 6.07) is 4.48. The SMILES string of the molecule is CN(C(=O)N(c1ccc(S(C)(=O)=O)cc1)C1CCCC1)c1ncc(S(=O)(=O)N2CCC[C@H]2C(=O)O)s1. The van der Waals surface area contributed by atoms with Crippen LogP contribution in [0.15, 0.2) is 39.6 Å². The number of aromatic nitrogens is 1. The van der Waals surface area contributed by atoms with Gasteiger partial charge < -0.3 is 5.11 Å². The van der Waals surface area contributed by atoms with E-state index >= 15 is 0 Å². The summed E-state index contributed by atoms with van der Waals surface area (Å²) in [5.41, 5.74) is 0.539.